The van der Waals surface area contributed by atoms with Crippen LogP contribution in [-0.2, 0) is 16.0 Å². The second-order valence-electron chi connectivity index (χ2n) is 10.7. The van der Waals surface area contributed by atoms with Crippen molar-refractivity contribution in [2.75, 3.05) is 20.3 Å². The van der Waals surface area contributed by atoms with Gasteiger partial charge in [0.05, 0.1) is 19.8 Å². The summed E-state index contributed by atoms with van der Waals surface area (Å²) in [7, 11) is 1.62. The molecule has 5 rings (SSSR count). The number of rotatable bonds is 7. The van der Waals surface area contributed by atoms with Gasteiger partial charge in [-0.1, -0.05) is 62.9 Å². The summed E-state index contributed by atoms with van der Waals surface area (Å²) in [4.78, 5) is 32.2. The minimum absolute atomic E-state index is 0.0406. The summed E-state index contributed by atoms with van der Waals surface area (Å²) < 4.78 is 11.6. The van der Waals surface area contributed by atoms with Crippen LogP contribution in [0.5, 0.6) is 11.5 Å². The van der Waals surface area contributed by atoms with Gasteiger partial charge in [0.25, 0.3) is 5.91 Å². The van der Waals surface area contributed by atoms with Crippen LogP contribution in [0.3, 0.4) is 0 Å². The number of amides is 2. The van der Waals surface area contributed by atoms with Crippen molar-refractivity contribution in [3.05, 3.63) is 59.2 Å². The molecule has 37 heavy (non-hydrogen) atoms. The molecular formula is C31H40N2O4. The first-order valence-corrected chi connectivity index (χ1v) is 14.1. The van der Waals surface area contributed by atoms with E-state index in [0.717, 1.165) is 56.9 Å². The van der Waals surface area contributed by atoms with E-state index in [1.54, 1.807) is 7.11 Å². The molecule has 0 bridgehead atoms. The van der Waals surface area contributed by atoms with E-state index in [1.165, 1.54) is 24.0 Å². The number of piperazine rings is 1. The van der Waals surface area contributed by atoms with E-state index in [2.05, 4.69) is 25.1 Å². The Morgan fingerprint density at radius 2 is 1.70 bits per heavy atom. The van der Waals surface area contributed by atoms with Crippen molar-refractivity contribution in [2.24, 2.45) is 0 Å². The molecule has 1 saturated heterocycles. The van der Waals surface area contributed by atoms with Crippen molar-refractivity contribution in [1.29, 1.82) is 0 Å². The summed E-state index contributed by atoms with van der Waals surface area (Å²) in [5, 5.41) is 0. The monoisotopic (exact) mass is 504 g/mol. The van der Waals surface area contributed by atoms with Gasteiger partial charge in [0.1, 0.15) is 12.6 Å². The fourth-order valence-corrected chi connectivity index (χ4v) is 6.46. The van der Waals surface area contributed by atoms with Gasteiger partial charge in [0, 0.05) is 6.04 Å². The van der Waals surface area contributed by atoms with E-state index in [1.807, 2.05) is 34.1 Å². The third-order valence-corrected chi connectivity index (χ3v) is 8.29. The van der Waals surface area contributed by atoms with Crippen molar-refractivity contribution in [3.63, 3.8) is 0 Å². The zero-order valence-electron chi connectivity index (χ0n) is 22.3. The Kier molecular flexibility index (Phi) is 8.02. The first-order chi connectivity index (χ1) is 18.1. The predicted molar refractivity (Wildman–Crippen MR) is 144 cm³/mol. The molecule has 2 atom stereocenters. The summed E-state index contributed by atoms with van der Waals surface area (Å²) in [6.07, 6.45) is 10.4. The van der Waals surface area contributed by atoms with Gasteiger partial charge in [0.15, 0.2) is 11.5 Å². The fraction of sp³-hybridized carbons (Fsp3) is 0.548. The normalized spacial score (nSPS) is 23.0. The molecule has 0 N–H and O–H groups in total. The molecule has 2 aliphatic carbocycles. The molecule has 1 saturated carbocycles. The highest BCUT2D eigenvalue weighted by Gasteiger charge is 2.46. The molecule has 6 nitrogen and oxygen atoms in total. The third kappa shape index (κ3) is 5.21. The van der Waals surface area contributed by atoms with Gasteiger partial charge < -0.3 is 19.3 Å². The number of benzene rings is 2. The van der Waals surface area contributed by atoms with E-state index in [-0.39, 0.29) is 30.4 Å². The zero-order valence-corrected chi connectivity index (χ0v) is 22.3. The Labute approximate surface area is 220 Å². The Bertz CT molecular complexity index is 1110. The minimum Gasteiger partial charge on any atom is -0.493 e. The topological polar surface area (TPSA) is 59.1 Å². The molecule has 2 aromatic rings. The number of fused-ring (bicyclic) bond motifs is 1. The smallest absolute Gasteiger partial charge is 0.250 e. The summed E-state index contributed by atoms with van der Waals surface area (Å²) >= 11 is 0. The van der Waals surface area contributed by atoms with Gasteiger partial charge in [0.2, 0.25) is 5.91 Å². The maximum Gasteiger partial charge on any atom is 0.250 e. The third-order valence-electron chi connectivity index (χ3n) is 8.29. The van der Waals surface area contributed by atoms with Crippen LogP contribution in [0.1, 0.15) is 93.5 Å². The van der Waals surface area contributed by atoms with Gasteiger partial charge in [-0.15, -0.1) is 0 Å². The largest absolute Gasteiger partial charge is 0.493 e. The van der Waals surface area contributed by atoms with Gasteiger partial charge in [-0.25, -0.2) is 0 Å². The van der Waals surface area contributed by atoms with E-state index in [4.69, 9.17) is 9.47 Å². The molecule has 0 unspecified atom stereocenters. The SMILES string of the molecule is CCCOc1ccc([C@@H]2C(=O)N(C3CCCCCC3)CC(=O)N2[C@@H]2CCCc3ccccc32)cc1OC. The number of ether oxygens (including phenoxy) is 2. The van der Waals surface area contributed by atoms with E-state index in [9.17, 15) is 9.59 Å². The van der Waals surface area contributed by atoms with Gasteiger partial charge >= 0.3 is 0 Å². The van der Waals surface area contributed by atoms with Crippen molar-refractivity contribution in [1.82, 2.24) is 9.80 Å². The number of hydrogen-bond acceptors (Lipinski definition) is 4. The van der Waals surface area contributed by atoms with Gasteiger partial charge in [-0.3, -0.25) is 9.59 Å². The van der Waals surface area contributed by atoms with Crippen molar-refractivity contribution in [3.8, 4) is 11.5 Å². The number of carbonyl (C=O) groups excluding carboxylic acids is 2. The second kappa shape index (κ2) is 11.6. The lowest BCUT2D eigenvalue weighted by atomic mass is 9.84. The highest BCUT2D eigenvalue weighted by Crippen LogP contribution is 2.43. The summed E-state index contributed by atoms with van der Waals surface area (Å²) in [5.74, 6) is 1.35. The average Bonchev–Trinajstić information content (AvgIpc) is 3.22. The molecule has 0 radical (unpaired) electrons. The summed E-state index contributed by atoms with van der Waals surface area (Å²) in [5.41, 5.74) is 3.25. The van der Waals surface area contributed by atoms with Crippen molar-refractivity contribution in [2.45, 2.75) is 89.3 Å². The van der Waals surface area contributed by atoms with E-state index < -0.39 is 6.04 Å². The minimum atomic E-state index is -0.671. The first-order valence-electron chi connectivity index (χ1n) is 14.1. The molecule has 6 heteroatoms. The highest BCUT2D eigenvalue weighted by molar-refractivity contribution is 5.96. The van der Waals surface area contributed by atoms with Gasteiger partial charge in [-0.05, 0) is 67.3 Å². The molecule has 1 aliphatic heterocycles. The number of hydrogen-bond donors (Lipinski definition) is 0. The number of carbonyl (C=O) groups is 2. The van der Waals surface area contributed by atoms with Crippen LogP contribution in [0.15, 0.2) is 42.5 Å². The van der Waals surface area contributed by atoms with E-state index in [0.29, 0.717) is 18.1 Å². The fourth-order valence-electron chi connectivity index (χ4n) is 6.46. The maximum absolute atomic E-state index is 14.4. The molecule has 1 heterocycles. The van der Waals surface area contributed by atoms with Crippen LogP contribution in [-0.4, -0.2) is 47.9 Å². The summed E-state index contributed by atoms with van der Waals surface area (Å²) in [6, 6.07) is 13.5. The zero-order chi connectivity index (χ0) is 25.8. The molecule has 3 aliphatic rings. The van der Waals surface area contributed by atoms with Crippen LogP contribution in [0.25, 0.3) is 0 Å². The number of aryl methyl sites for hydroxylation is 1. The average molecular weight is 505 g/mol. The lowest BCUT2D eigenvalue weighted by Crippen LogP contribution is -2.59. The Morgan fingerprint density at radius 3 is 2.46 bits per heavy atom. The van der Waals surface area contributed by atoms with Crippen molar-refractivity contribution < 1.29 is 19.1 Å². The lowest BCUT2D eigenvalue weighted by Gasteiger charge is -2.47. The Morgan fingerprint density at radius 1 is 0.919 bits per heavy atom. The molecule has 0 aromatic heterocycles. The standard InChI is InChI=1S/C31H40N2O4/c1-3-19-37-27-18-17-23(20-28(27)36-2)30-31(35)32(24-13-6-4-5-7-14-24)21-29(34)33(30)26-16-10-12-22-11-8-9-15-25(22)26/h8-9,11,15,17-18,20,24,26,30H,3-7,10,12-14,16,19,21H2,1-2H3/t26-,30-/m1/s1. The highest BCUT2D eigenvalue weighted by atomic mass is 16.5. The maximum atomic E-state index is 14.4. The van der Waals surface area contributed by atoms with Crippen LogP contribution < -0.4 is 9.47 Å². The Balaban J connectivity index is 1.56. The number of nitrogens with zero attached hydrogens (tertiary/aromatic N) is 2. The van der Waals surface area contributed by atoms with Crippen molar-refractivity contribution >= 4 is 11.8 Å². The molecule has 0 spiro atoms. The van der Waals surface area contributed by atoms with Crippen LogP contribution in [0, 0.1) is 0 Å². The van der Waals surface area contributed by atoms with E-state index >= 15 is 0 Å². The number of methoxy groups -OCH3 is 1. The molecule has 2 fully saturated rings. The Hall–Kier alpha value is -3.02. The van der Waals surface area contributed by atoms with Crippen LogP contribution in [0.4, 0.5) is 0 Å². The predicted octanol–water partition coefficient (Wildman–Crippen LogP) is 6.00. The first kappa shape index (κ1) is 25.6. The quantitative estimate of drug-likeness (QED) is 0.434. The summed E-state index contributed by atoms with van der Waals surface area (Å²) in [6.45, 7) is 2.83. The lowest BCUT2D eigenvalue weighted by molar-refractivity contribution is -0.162. The van der Waals surface area contributed by atoms with Gasteiger partial charge in [-0.2, -0.15) is 0 Å². The second-order valence-corrected chi connectivity index (χ2v) is 10.7. The molecule has 198 valence electrons. The molecule has 2 aromatic carbocycles. The van der Waals surface area contributed by atoms with Crippen LogP contribution >= 0.6 is 0 Å². The molecular weight excluding hydrogens is 464 g/mol. The van der Waals surface area contributed by atoms with Crippen LogP contribution in [0.2, 0.25) is 0 Å². The molecule has 2 amide bonds.